The summed E-state index contributed by atoms with van der Waals surface area (Å²) in [5.41, 5.74) is 1.05. The molecule has 0 fully saturated rings. The second kappa shape index (κ2) is 5.23. The van der Waals surface area contributed by atoms with Crippen molar-refractivity contribution in [3.63, 3.8) is 0 Å². The SMILES string of the molecule is Cc1ccc(S(=O)(=O)CC(C)(I)CCl)cc1. The van der Waals surface area contributed by atoms with E-state index in [-0.39, 0.29) is 5.75 Å². The summed E-state index contributed by atoms with van der Waals surface area (Å²) >= 11 is 7.83. The predicted octanol–water partition coefficient (Wildman–Crippen LogP) is 3.20. The van der Waals surface area contributed by atoms with Crippen LogP contribution in [-0.4, -0.2) is 23.5 Å². The topological polar surface area (TPSA) is 34.1 Å². The van der Waals surface area contributed by atoms with Crippen LogP contribution in [0.15, 0.2) is 29.2 Å². The molecular formula is C11H14ClIO2S. The molecule has 0 aliphatic heterocycles. The molecule has 1 aromatic carbocycles. The van der Waals surface area contributed by atoms with Crippen molar-refractivity contribution in [2.45, 2.75) is 22.2 Å². The molecule has 2 nitrogen and oxygen atoms in total. The Bertz CT molecular complexity index is 451. The van der Waals surface area contributed by atoms with Crippen molar-refractivity contribution in [2.75, 3.05) is 11.6 Å². The zero-order valence-electron chi connectivity index (χ0n) is 9.20. The average Bonchev–Trinajstić information content (AvgIpc) is 2.17. The summed E-state index contributed by atoms with van der Waals surface area (Å²) in [4.78, 5) is 0.367. The number of hydrogen-bond acceptors (Lipinski definition) is 2. The third-order valence-corrected chi connectivity index (χ3v) is 6.48. The summed E-state index contributed by atoms with van der Waals surface area (Å²) in [7, 11) is -3.24. The van der Waals surface area contributed by atoms with Crippen molar-refractivity contribution in [1.29, 1.82) is 0 Å². The van der Waals surface area contributed by atoms with E-state index in [2.05, 4.69) is 22.6 Å². The van der Waals surface area contributed by atoms with Crippen LogP contribution >= 0.6 is 34.2 Å². The summed E-state index contributed by atoms with van der Waals surface area (Å²) in [5, 5.41) is 0. The zero-order valence-corrected chi connectivity index (χ0v) is 12.9. The molecule has 1 aromatic rings. The van der Waals surface area contributed by atoms with Gasteiger partial charge in [0.25, 0.3) is 0 Å². The lowest BCUT2D eigenvalue weighted by molar-refractivity contribution is 0.590. The first-order valence-electron chi connectivity index (χ1n) is 4.81. The maximum atomic E-state index is 12.1. The van der Waals surface area contributed by atoms with Gasteiger partial charge in [-0.1, -0.05) is 40.3 Å². The van der Waals surface area contributed by atoms with E-state index in [0.29, 0.717) is 10.8 Å². The van der Waals surface area contributed by atoms with Crippen LogP contribution in [0.3, 0.4) is 0 Å². The predicted molar refractivity (Wildman–Crippen MR) is 76.4 cm³/mol. The minimum absolute atomic E-state index is 0.0626. The smallest absolute Gasteiger partial charge is 0.179 e. The van der Waals surface area contributed by atoms with Gasteiger partial charge in [-0.05, 0) is 26.0 Å². The molecule has 0 saturated heterocycles. The fraction of sp³-hybridized carbons (Fsp3) is 0.455. The van der Waals surface area contributed by atoms with E-state index in [9.17, 15) is 8.42 Å². The number of aryl methyl sites for hydroxylation is 1. The minimum Gasteiger partial charge on any atom is -0.224 e. The largest absolute Gasteiger partial charge is 0.224 e. The van der Waals surface area contributed by atoms with Crippen molar-refractivity contribution in [3.8, 4) is 0 Å². The molecule has 1 unspecified atom stereocenters. The first kappa shape index (κ1) is 14.3. The number of benzene rings is 1. The fourth-order valence-corrected chi connectivity index (χ4v) is 4.31. The molecule has 0 spiro atoms. The van der Waals surface area contributed by atoms with Gasteiger partial charge in [-0.15, -0.1) is 11.6 Å². The molecule has 90 valence electrons. The molecule has 16 heavy (non-hydrogen) atoms. The van der Waals surface area contributed by atoms with Gasteiger partial charge in [-0.25, -0.2) is 8.42 Å². The van der Waals surface area contributed by atoms with Gasteiger partial charge in [0.2, 0.25) is 0 Å². The van der Waals surface area contributed by atoms with Crippen molar-refractivity contribution >= 4 is 44.0 Å². The third kappa shape index (κ3) is 3.89. The highest BCUT2D eigenvalue weighted by Gasteiger charge is 2.28. The highest BCUT2D eigenvalue weighted by atomic mass is 127. The lowest BCUT2D eigenvalue weighted by Gasteiger charge is -2.18. The maximum absolute atomic E-state index is 12.1. The second-order valence-corrected chi connectivity index (χ2v) is 8.98. The third-order valence-electron chi connectivity index (χ3n) is 2.15. The van der Waals surface area contributed by atoms with Gasteiger partial charge >= 0.3 is 0 Å². The molecule has 0 aliphatic rings. The quantitative estimate of drug-likeness (QED) is 0.601. The molecule has 0 amide bonds. The van der Waals surface area contributed by atoms with E-state index in [4.69, 9.17) is 11.6 Å². The lowest BCUT2D eigenvalue weighted by Crippen LogP contribution is -2.29. The molecule has 1 atom stereocenters. The van der Waals surface area contributed by atoms with E-state index in [0.717, 1.165) is 5.56 Å². The molecule has 0 saturated carbocycles. The van der Waals surface area contributed by atoms with Crippen molar-refractivity contribution in [3.05, 3.63) is 29.8 Å². The Morgan fingerprint density at radius 3 is 2.25 bits per heavy atom. The van der Waals surface area contributed by atoms with Crippen molar-refractivity contribution in [2.24, 2.45) is 0 Å². The highest BCUT2D eigenvalue weighted by Crippen LogP contribution is 2.25. The van der Waals surface area contributed by atoms with Gasteiger partial charge < -0.3 is 0 Å². The minimum atomic E-state index is -3.24. The van der Waals surface area contributed by atoms with Gasteiger partial charge in [0.15, 0.2) is 9.84 Å². The van der Waals surface area contributed by atoms with Gasteiger partial charge in [0, 0.05) is 9.30 Å². The van der Waals surface area contributed by atoms with E-state index < -0.39 is 13.3 Å². The monoisotopic (exact) mass is 372 g/mol. The average molecular weight is 373 g/mol. The first-order chi connectivity index (χ1) is 7.27. The molecule has 0 aromatic heterocycles. The van der Waals surface area contributed by atoms with Crippen LogP contribution < -0.4 is 0 Å². The fourth-order valence-electron chi connectivity index (χ4n) is 1.26. The standard InChI is InChI=1S/C11H14ClIO2S/c1-9-3-5-10(6-4-9)16(14,15)8-11(2,13)7-12/h3-6H,7-8H2,1-2H3. The van der Waals surface area contributed by atoms with E-state index in [1.807, 2.05) is 13.8 Å². The summed E-state index contributed by atoms with van der Waals surface area (Å²) < 4.78 is 23.7. The van der Waals surface area contributed by atoms with E-state index in [1.54, 1.807) is 24.3 Å². The number of rotatable bonds is 4. The van der Waals surface area contributed by atoms with Crippen LogP contribution in [0.4, 0.5) is 0 Å². The molecule has 0 heterocycles. The number of sulfone groups is 1. The van der Waals surface area contributed by atoms with Crippen LogP contribution in [0.2, 0.25) is 0 Å². The van der Waals surface area contributed by atoms with Gasteiger partial charge in [0.1, 0.15) is 0 Å². The maximum Gasteiger partial charge on any atom is 0.179 e. The van der Waals surface area contributed by atoms with Crippen LogP contribution in [0.1, 0.15) is 12.5 Å². The summed E-state index contributed by atoms with van der Waals surface area (Å²) in [5.74, 6) is 0.381. The number of alkyl halides is 2. The molecule has 0 radical (unpaired) electrons. The van der Waals surface area contributed by atoms with Crippen molar-refractivity contribution in [1.82, 2.24) is 0 Å². The van der Waals surface area contributed by atoms with Gasteiger partial charge in [-0.3, -0.25) is 0 Å². The molecular weight excluding hydrogens is 359 g/mol. The Morgan fingerprint density at radius 2 is 1.81 bits per heavy atom. The Labute approximate surface area is 115 Å². The van der Waals surface area contributed by atoms with Gasteiger partial charge in [-0.2, -0.15) is 0 Å². The van der Waals surface area contributed by atoms with Crippen LogP contribution in [0.5, 0.6) is 0 Å². The van der Waals surface area contributed by atoms with Crippen molar-refractivity contribution < 1.29 is 8.42 Å². The second-order valence-electron chi connectivity index (χ2n) is 4.12. The Hall–Kier alpha value is 0.190. The molecule has 0 aliphatic carbocycles. The normalized spacial score (nSPS) is 15.8. The Balaban J connectivity index is 2.99. The summed E-state index contributed by atoms with van der Waals surface area (Å²) in [6.07, 6.45) is 0. The number of hydrogen-bond donors (Lipinski definition) is 0. The Morgan fingerprint density at radius 1 is 1.31 bits per heavy atom. The highest BCUT2D eigenvalue weighted by molar-refractivity contribution is 14.1. The molecule has 1 rings (SSSR count). The lowest BCUT2D eigenvalue weighted by atomic mass is 10.2. The number of halogens is 2. The first-order valence-corrected chi connectivity index (χ1v) is 8.08. The molecule has 0 bridgehead atoms. The van der Waals surface area contributed by atoms with E-state index in [1.165, 1.54) is 0 Å². The van der Waals surface area contributed by atoms with Crippen LogP contribution in [0, 0.1) is 6.92 Å². The van der Waals surface area contributed by atoms with Crippen LogP contribution in [0.25, 0.3) is 0 Å². The summed E-state index contributed by atoms with van der Waals surface area (Å²) in [6.45, 7) is 3.77. The van der Waals surface area contributed by atoms with Gasteiger partial charge in [0.05, 0.1) is 10.6 Å². The molecule has 0 N–H and O–H groups in total. The van der Waals surface area contributed by atoms with Crippen LogP contribution in [-0.2, 0) is 9.84 Å². The van der Waals surface area contributed by atoms with E-state index >= 15 is 0 Å². The zero-order chi connectivity index (χ0) is 12.4. The Kier molecular flexibility index (Phi) is 4.66. The summed E-state index contributed by atoms with van der Waals surface area (Å²) in [6, 6.07) is 6.90. The molecule has 5 heteroatoms.